The summed E-state index contributed by atoms with van der Waals surface area (Å²) >= 11 is 1.14. The van der Waals surface area contributed by atoms with Crippen LogP contribution in [0.4, 0.5) is 17.2 Å². The van der Waals surface area contributed by atoms with Crippen molar-refractivity contribution in [2.24, 2.45) is 0 Å². The predicted molar refractivity (Wildman–Crippen MR) is 93.6 cm³/mol. The van der Waals surface area contributed by atoms with Gasteiger partial charge in [-0.25, -0.2) is 9.78 Å². The van der Waals surface area contributed by atoms with Crippen LogP contribution < -0.4 is 15.5 Å². The Kier molecular flexibility index (Phi) is 3.46. The van der Waals surface area contributed by atoms with Gasteiger partial charge >= 0.3 is 10.8 Å². The Hall–Kier alpha value is -2.87. The number of thiazole rings is 1. The van der Waals surface area contributed by atoms with Gasteiger partial charge in [-0.1, -0.05) is 11.3 Å². The van der Waals surface area contributed by atoms with Crippen LogP contribution in [-0.4, -0.2) is 27.1 Å². The summed E-state index contributed by atoms with van der Waals surface area (Å²) in [4.78, 5) is 29.5. The molecule has 1 aromatic carbocycles. The summed E-state index contributed by atoms with van der Waals surface area (Å²) < 4.78 is 0.850. The van der Waals surface area contributed by atoms with Gasteiger partial charge in [0.1, 0.15) is 11.4 Å². The minimum Gasteiger partial charge on any atom is -0.478 e. The Morgan fingerprint density at radius 1 is 1.33 bits per heavy atom. The maximum absolute atomic E-state index is 11.4. The molecule has 8 heteroatoms. The molecule has 2 aromatic heterocycles. The fraction of sp³-hybridized carbons (Fsp3) is 0.188. The molecule has 0 saturated heterocycles. The molecule has 0 unspecified atom stereocenters. The van der Waals surface area contributed by atoms with Gasteiger partial charge in [-0.05, 0) is 31.0 Å². The third-order valence-electron chi connectivity index (χ3n) is 3.76. The van der Waals surface area contributed by atoms with E-state index in [0.29, 0.717) is 17.5 Å². The zero-order chi connectivity index (χ0) is 16.7. The highest BCUT2D eigenvalue weighted by atomic mass is 32.1. The van der Waals surface area contributed by atoms with Crippen LogP contribution in [-0.2, 0) is 0 Å². The summed E-state index contributed by atoms with van der Waals surface area (Å²) in [6.07, 6.45) is 3.45. The first kappa shape index (κ1) is 14.7. The van der Waals surface area contributed by atoms with E-state index in [0.717, 1.165) is 40.1 Å². The zero-order valence-electron chi connectivity index (χ0n) is 12.5. The monoisotopic (exact) mass is 342 g/mol. The lowest BCUT2D eigenvalue weighted by Crippen LogP contribution is -2.09. The Balaban J connectivity index is 1.64. The van der Waals surface area contributed by atoms with E-state index in [1.165, 1.54) is 6.20 Å². The number of benzene rings is 1. The second-order valence-corrected chi connectivity index (χ2v) is 6.70. The Morgan fingerprint density at radius 2 is 2.17 bits per heavy atom. The largest absolute Gasteiger partial charge is 0.478 e. The van der Waals surface area contributed by atoms with Crippen molar-refractivity contribution in [1.29, 1.82) is 0 Å². The topological polar surface area (TPSA) is 107 Å². The van der Waals surface area contributed by atoms with E-state index < -0.39 is 5.97 Å². The van der Waals surface area contributed by atoms with Gasteiger partial charge in [0.25, 0.3) is 0 Å². The number of aromatic amines is 1. The summed E-state index contributed by atoms with van der Waals surface area (Å²) in [7, 11) is 0. The number of carbonyl (C=O) groups is 1. The van der Waals surface area contributed by atoms with Crippen LogP contribution in [0.25, 0.3) is 10.2 Å². The standard InChI is InChI=1S/C16H14N4O3S/c21-15(22)10-7-17-14(6-12(10)18-8-1-2-8)19-9-3-4-11-13(5-9)24-16(23)20-11/h3-8H,1-2H2,(H,20,23)(H,21,22)(H2,17,18,19). The first-order chi connectivity index (χ1) is 11.6. The molecule has 3 aromatic rings. The number of aromatic nitrogens is 2. The highest BCUT2D eigenvalue weighted by Gasteiger charge is 2.23. The maximum atomic E-state index is 11.4. The molecule has 0 aliphatic heterocycles. The number of hydrogen-bond donors (Lipinski definition) is 4. The molecule has 0 spiro atoms. The fourth-order valence-electron chi connectivity index (χ4n) is 2.43. The van der Waals surface area contributed by atoms with Gasteiger partial charge in [0.15, 0.2) is 0 Å². The van der Waals surface area contributed by atoms with Crippen LogP contribution in [0.3, 0.4) is 0 Å². The zero-order valence-corrected chi connectivity index (χ0v) is 13.3. The first-order valence-corrected chi connectivity index (χ1v) is 8.30. The predicted octanol–water partition coefficient (Wildman–Crippen LogP) is 3.00. The van der Waals surface area contributed by atoms with Gasteiger partial charge in [0.2, 0.25) is 0 Å². The van der Waals surface area contributed by atoms with E-state index in [2.05, 4.69) is 20.6 Å². The van der Waals surface area contributed by atoms with Gasteiger partial charge in [0.05, 0.1) is 15.9 Å². The van der Waals surface area contributed by atoms with Crippen LogP contribution in [0.15, 0.2) is 35.3 Å². The molecule has 1 saturated carbocycles. The molecule has 1 fully saturated rings. The number of rotatable bonds is 5. The molecule has 24 heavy (non-hydrogen) atoms. The van der Waals surface area contributed by atoms with E-state index in [9.17, 15) is 14.7 Å². The van der Waals surface area contributed by atoms with Crippen molar-refractivity contribution in [2.75, 3.05) is 10.6 Å². The van der Waals surface area contributed by atoms with Gasteiger partial charge in [-0.2, -0.15) is 0 Å². The van der Waals surface area contributed by atoms with E-state index in [1.54, 1.807) is 6.07 Å². The van der Waals surface area contributed by atoms with Crippen molar-refractivity contribution >= 4 is 44.7 Å². The summed E-state index contributed by atoms with van der Waals surface area (Å²) in [5, 5.41) is 15.6. The van der Waals surface area contributed by atoms with E-state index in [1.807, 2.05) is 18.2 Å². The van der Waals surface area contributed by atoms with Crippen LogP contribution >= 0.6 is 11.3 Å². The SMILES string of the molecule is O=C(O)c1cnc(Nc2ccc3[nH]c(=O)sc3c2)cc1NC1CC1. The molecule has 1 aliphatic carbocycles. The molecule has 0 amide bonds. The van der Waals surface area contributed by atoms with Gasteiger partial charge in [-0.3, -0.25) is 4.79 Å². The van der Waals surface area contributed by atoms with Crippen molar-refractivity contribution < 1.29 is 9.90 Å². The number of fused-ring (bicyclic) bond motifs is 1. The number of carboxylic acids is 1. The summed E-state index contributed by atoms with van der Waals surface area (Å²) in [6, 6.07) is 7.56. The average molecular weight is 342 g/mol. The molecule has 4 rings (SSSR count). The molecule has 122 valence electrons. The maximum Gasteiger partial charge on any atom is 0.339 e. The van der Waals surface area contributed by atoms with Crippen molar-refractivity contribution in [3.63, 3.8) is 0 Å². The molecular formula is C16H14N4O3S. The van der Waals surface area contributed by atoms with Crippen molar-refractivity contribution in [3.8, 4) is 0 Å². The summed E-state index contributed by atoms with van der Waals surface area (Å²) in [5.74, 6) is -0.457. The summed E-state index contributed by atoms with van der Waals surface area (Å²) in [6.45, 7) is 0. The molecular weight excluding hydrogens is 328 g/mol. The number of anilines is 3. The van der Waals surface area contributed by atoms with Gasteiger partial charge in [-0.15, -0.1) is 0 Å². The second-order valence-electron chi connectivity index (χ2n) is 5.69. The summed E-state index contributed by atoms with van der Waals surface area (Å²) in [5.41, 5.74) is 2.30. The number of pyridine rings is 1. The fourth-order valence-corrected chi connectivity index (χ4v) is 3.21. The molecule has 0 bridgehead atoms. The first-order valence-electron chi connectivity index (χ1n) is 7.48. The van der Waals surface area contributed by atoms with E-state index >= 15 is 0 Å². The quantitative estimate of drug-likeness (QED) is 0.568. The van der Waals surface area contributed by atoms with Crippen molar-refractivity contribution in [1.82, 2.24) is 9.97 Å². The lowest BCUT2D eigenvalue weighted by molar-refractivity contribution is 0.0697. The van der Waals surface area contributed by atoms with Crippen LogP contribution in [0, 0.1) is 0 Å². The molecule has 7 nitrogen and oxygen atoms in total. The lowest BCUT2D eigenvalue weighted by atomic mass is 10.2. The van der Waals surface area contributed by atoms with E-state index in [-0.39, 0.29) is 10.4 Å². The van der Waals surface area contributed by atoms with Crippen molar-refractivity contribution in [3.05, 3.63) is 45.7 Å². The Morgan fingerprint density at radius 3 is 2.92 bits per heavy atom. The normalized spacial score (nSPS) is 13.8. The molecule has 0 atom stereocenters. The van der Waals surface area contributed by atoms with Gasteiger partial charge < -0.3 is 20.7 Å². The third-order valence-corrected chi connectivity index (χ3v) is 4.61. The molecule has 4 N–H and O–H groups in total. The second kappa shape index (κ2) is 5.64. The van der Waals surface area contributed by atoms with Crippen LogP contribution in [0.2, 0.25) is 0 Å². The third kappa shape index (κ3) is 2.95. The van der Waals surface area contributed by atoms with Crippen LogP contribution in [0.5, 0.6) is 0 Å². The average Bonchev–Trinajstić information content (AvgIpc) is 3.26. The van der Waals surface area contributed by atoms with Gasteiger partial charge in [0, 0.05) is 24.0 Å². The lowest BCUT2D eigenvalue weighted by Gasteiger charge is -2.11. The number of nitrogens with one attached hydrogen (secondary N) is 3. The number of hydrogen-bond acceptors (Lipinski definition) is 6. The van der Waals surface area contributed by atoms with E-state index in [4.69, 9.17) is 0 Å². The highest BCUT2D eigenvalue weighted by Crippen LogP contribution is 2.29. The molecule has 2 heterocycles. The smallest absolute Gasteiger partial charge is 0.339 e. The number of carboxylic acid groups (broad SMARTS) is 1. The minimum atomic E-state index is -1.00. The number of H-pyrrole nitrogens is 1. The minimum absolute atomic E-state index is 0.0954. The number of nitrogens with zero attached hydrogens (tertiary/aromatic N) is 1. The van der Waals surface area contributed by atoms with Crippen molar-refractivity contribution in [2.45, 2.75) is 18.9 Å². The molecule has 1 aliphatic rings. The Labute approximate surface area is 140 Å². The van der Waals surface area contributed by atoms with Crippen LogP contribution in [0.1, 0.15) is 23.2 Å². The Bertz CT molecular complexity index is 990. The highest BCUT2D eigenvalue weighted by molar-refractivity contribution is 7.16. The number of aromatic carboxylic acids is 1. The molecule has 0 radical (unpaired) electrons.